The second kappa shape index (κ2) is 8.17. The molecule has 22 heavy (non-hydrogen) atoms. The van der Waals surface area contributed by atoms with Crippen LogP contribution < -0.4 is 10.1 Å². The minimum Gasteiger partial charge on any atom is -0.484 e. The lowest BCUT2D eigenvalue weighted by Crippen LogP contribution is -2.20. The molecule has 116 valence electrons. The normalized spacial score (nSPS) is 11.8. The maximum Gasteiger partial charge on any atom is 0.262 e. The zero-order valence-corrected chi connectivity index (χ0v) is 15.0. The van der Waals surface area contributed by atoms with Crippen LogP contribution in [-0.4, -0.2) is 12.5 Å². The molecule has 0 saturated heterocycles. The Bertz CT molecular complexity index is 608. The van der Waals surface area contributed by atoms with Gasteiger partial charge in [0.05, 0.1) is 0 Å². The molecule has 0 aliphatic rings. The number of carbonyl (C=O) groups excluding carboxylic acids is 1. The first-order valence-electron chi connectivity index (χ1n) is 7.36. The van der Waals surface area contributed by atoms with Crippen molar-refractivity contribution in [1.29, 1.82) is 0 Å². The highest BCUT2D eigenvalue weighted by molar-refractivity contribution is 14.1. The van der Waals surface area contributed by atoms with Crippen molar-refractivity contribution >= 4 is 34.2 Å². The van der Waals surface area contributed by atoms with Crippen LogP contribution in [0.3, 0.4) is 0 Å². The van der Waals surface area contributed by atoms with Crippen molar-refractivity contribution in [2.45, 2.75) is 26.2 Å². The van der Waals surface area contributed by atoms with E-state index in [1.54, 1.807) is 0 Å². The Hall–Kier alpha value is -1.56. The molecule has 1 atom stereocenters. The molecule has 0 fully saturated rings. The number of hydrogen-bond acceptors (Lipinski definition) is 2. The fourth-order valence-electron chi connectivity index (χ4n) is 2.01. The van der Waals surface area contributed by atoms with Gasteiger partial charge < -0.3 is 10.1 Å². The van der Waals surface area contributed by atoms with Crippen LogP contribution in [0, 0.1) is 3.57 Å². The van der Waals surface area contributed by atoms with Gasteiger partial charge in [0.1, 0.15) is 5.75 Å². The molecule has 0 spiro atoms. The van der Waals surface area contributed by atoms with Crippen molar-refractivity contribution in [1.82, 2.24) is 0 Å². The lowest BCUT2D eigenvalue weighted by atomic mass is 9.99. The summed E-state index contributed by atoms with van der Waals surface area (Å²) >= 11 is 2.23. The lowest BCUT2D eigenvalue weighted by Gasteiger charge is -2.11. The Morgan fingerprint density at radius 1 is 1.14 bits per heavy atom. The van der Waals surface area contributed by atoms with Crippen LogP contribution in [-0.2, 0) is 4.79 Å². The van der Waals surface area contributed by atoms with Gasteiger partial charge in [-0.15, -0.1) is 0 Å². The second-order valence-corrected chi connectivity index (χ2v) is 6.47. The van der Waals surface area contributed by atoms with Crippen LogP contribution in [0.5, 0.6) is 5.75 Å². The Morgan fingerprint density at radius 2 is 1.77 bits per heavy atom. The molecule has 2 aromatic rings. The number of halogens is 1. The van der Waals surface area contributed by atoms with Crippen LogP contribution in [0.2, 0.25) is 0 Å². The number of amides is 1. The molecule has 4 heteroatoms. The first kappa shape index (κ1) is 16.8. The van der Waals surface area contributed by atoms with E-state index in [0.29, 0.717) is 11.7 Å². The maximum absolute atomic E-state index is 11.9. The summed E-state index contributed by atoms with van der Waals surface area (Å²) in [5.41, 5.74) is 2.07. The smallest absolute Gasteiger partial charge is 0.262 e. The molecular formula is C18H20INO2. The summed E-state index contributed by atoms with van der Waals surface area (Å²) in [5.74, 6) is 1.09. The molecule has 0 aliphatic carbocycles. The predicted octanol–water partition coefficient (Wildman–Crippen LogP) is 4.82. The van der Waals surface area contributed by atoms with Crippen LogP contribution in [0.25, 0.3) is 0 Å². The van der Waals surface area contributed by atoms with Gasteiger partial charge in [0, 0.05) is 9.26 Å². The van der Waals surface area contributed by atoms with Gasteiger partial charge in [0.2, 0.25) is 0 Å². The van der Waals surface area contributed by atoms with Crippen LogP contribution in [0.15, 0.2) is 48.5 Å². The first-order valence-corrected chi connectivity index (χ1v) is 8.44. The molecule has 0 aliphatic heterocycles. The Morgan fingerprint density at radius 3 is 2.36 bits per heavy atom. The topological polar surface area (TPSA) is 38.3 Å². The van der Waals surface area contributed by atoms with E-state index in [1.165, 1.54) is 5.56 Å². The molecule has 2 rings (SSSR count). The van der Waals surface area contributed by atoms with E-state index in [2.05, 4.69) is 53.9 Å². The van der Waals surface area contributed by atoms with Crippen molar-refractivity contribution in [3.05, 3.63) is 57.7 Å². The quantitative estimate of drug-likeness (QED) is 0.695. The number of benzene rings is 2. The molecule has 0 heterocycles. The first-order chi connectivity index (χ1) is 10.6. The number of anilines is 1. The van der Waals surface area contributed by atoms with E-state index in [4.69, 9.17) is 4.74 Å². The number of nitrogens with one attached hydrogen (secondary N) is 1. The molecule has 0 bridgehead atoms. The number of ether oxygens (including phenoxy) is 1. The van der Waals surface area contributed by atoms with Crippen molar-refractivity contribution in [2.75, 3.05) is 11.9 Å². The molecular weight excluding hydrogens is 389 g/mol. The van der Waals surface area contributed by atoms with E-state index >= 15 is 0 Å². The SMILES string of the molecule is CCC(C)c1ccc(OCC(=O)Nc2ccc(I)cc2)cc1. The number of hydrogen-bond donors (Lipinski definition) is 1. The van der Waals surface area contributed by atoms with Crippen LogP contribution in [0.1, 0.15) is 31.7 Å². The average molecular weight is 409 g/mol. The third-order valence-corrected chi connectivity index (χ3v) is 4.28. The van der Waals surface area contributed by atoms with Crippen molar-refractivity contribution in [3.8, 4) is 5.75 Å². The summed E-state index contributed by atoms with van der Waals surface area (Å²) in [5, 5.41) is 2.81. The van der Waals surface area contributed by atoms with Gasteiger partial charge in [-0.05, 0) is 76.9 Å². The predicted molar refractivity (Wildman–Crippen MR) is 98.4 cm³/mol. The van der Waals surface area contributed by atoms with Crippen molar-refractivity contribution in [2.24, 2.45) is 0 Å². The Kier molecular flexibility index (Phi) is 6.24. The molecule has 1 N–H and O–H groups in total. The summed E-state index contributed by atoms with van der Waals surface area (Å²) in [6.07, 6.45) is 1.11. The molecule has 2 aromatic carbocycles. The largest absolute Gasteiger partial charge is 0.484 e. The summed E-state index contributed by atoms with van der Waals surface area (Å²) in [6, 6.07) is 15.6. The zero-order chi connectivity index (χ0) is 15.9. The zero-order valence-electron chi connectivity index (χ0n) is 12.8. The molecule has 0 saturated carbocycles. The minimum atomic E-state index is -0.160. The summed E-state index contributed by atoms with van der Waals surface area (Å²) < 4.78 is 6.65. The minimum absolute atomic E-state index is 0.00860. The maximum atomic E-state index is 11.9. The molecule has 0 aromatic heterocycles. The highest BCUT2D eigenvalue weighted by Gasteiger charge is 2.05. The highest BCUT2D eigenvalue weighted by Crippen LogP contribution is 2.21. The van der Waals surface area contributed by atoms with E-state index in [1.807, 2.05) is 36.4 Å². The number of rotatable bonds is 6. The van der Waals surface area contributed by atoms with Gasteiger partial charge >= 0.3 is 0 Å². The van der Waals surface area contributed by atoms with E-state index in [0.717, 1.165) is 15.7 Å². The van der Waals surface area contributed by atoms with E-state index in [-0.39, 0.29) is 12.5 Å². The molecule has 3 nitrogen and oxygen atoms in total. The lowest BCUT2D eigenvalue weighted by molar-refractivity contribution is -0.118. The standard InChI is InChI=1S/C18H20INO2/c1-3-13(2)14-4-10-17(11-5-14)22-12-18(21)20-16-8-6-15(19)7-9-16/h4-11,13H,3,12H2,1-2H3,(H,20,21). The summed E-state index contributed by atoms with van der Waals surface area (Å²) in [6.45, 7) is 4.38. The summed E-state index contributed by atoms with van der Waals surface area (Å²) in [4.78, 5) is 11.9. The van der Waals surface area contributed by atoms with Gasteiger partial charge in [-0.3, -0.25) is 4.79 Å². The van der Waals surface area contributed by atoms with Gasteiger partial charge in [-0.1, -0.05) is 26.0 Å². The molecule has 1 amide bonds. The molecule has 0 radical (unpaired) electrons. The third kappa shape index (κ3) is 5.02. The van der Waals surface area contributed by atoms with Crippen molar-refractivity contribution in [3.63, 3.8) is 0 Å². The highest BCUT2D eigenvalue weighted by atomic mass is 127. The number of carbonyl (C=O) groups is 1. The monoisotopic (exact) mass is 409 g/mol. The third-order valence-electron chi connectivity index (χ3n) is 3.56. The molecule has 1 unspecified atom stereocenters. The van der Waals surface area contributed by atoms with Gasteiger partial charge in [-0.25, -0.2) is 0 Å². The second-order valence-electron chi connectivity index (χ2n) is 5.22. The van der Waals surface area contributed by atoms with Gasteiger partial charge in [0.15, 0.2) is 6.61 Å². The fraction of sp³-hybridized carbons (Fsp3) is 0.278. The van der Waals surface area contributed by atoms with Crippen LogP contribution >= 0.6 is 22.6 Å². The van der Waals surface area contributed by atoms with Gasteiger partial charge in [0.25, 0.3) is 5.91 Å². The average Bonchev–Trinajstić information content (AvgIpc) is 2.55. The fourth-order valence-corrected chi connectivity index (χ4v) is 2.37. The summed E-state index contributed by atoms with van der Waals surface area (Å²) in [7, 11) is 0. The van der Waals surface area contributed by atoms with E-state index < -0.39 is 0 Å². The Balaban J connectivity index is 1.84. The van der Waals surface area contributed by atoms with Gasteiger partial charge in [-0.2, -0.15) is 0 Å². The van der Waals surface area contributed by atoms with E-state index in [9.17, 15) is 4.79 Å². The Labute approximate surface area is 145 Å². The van der Waals surface area contributed by atoms with Crippen molar-refractivity contribution < 1.29 is 9.53 Å². The van der Waals surface area contributed by atoms with Crippen LogP contribution in [0.4, 0.5) is 5.69 Å².